The molecule has 31 heavy (non-hydrogen) atoms. The van der Waals surface area contributed by atoms with Crippen LogP contribution in [0.2, 0.25) is 0 Å². The third-order valence-electron chi connectivity index (χ3n) is 5.52. The first-order chi connectivity index (χ1) is 15.2. The molecule has 2 N–H and O–H groups in total. The minimum atomic E-state index is 0.385. The highest BCUT2D eigenvalue weighted by molar-refractivity contribution is 5.80. The summed E-state index contributed by atoms with van der Waals surface area (Å²) in [7, 11) is 6.74. The van der Waals surface area contributed by atoms with Crippen LogP contribution in [-0.2, 0) is 6.42 Å². The van der Waals surface area contributed by atoms with Gasteiger partial charge in [0, 0.05) is 56.6 Å². The number of anilines is 1. The van der Waals surface area contributed by atoms with Crippen LogP contribution < -0.4 is 29.7 Å². The van der Waals surface area contributed by atoms with E-state index >= 15 is 0 Å². The van der Waals surface area contributed by atoms with Gasteiger partial charge in [-0.05, 0) is 31.4 Å². The number of methoxy groups -OCH3 is 3. The number of nitrogens with one attached hydrogen (secondary N) is 2. The van der Waals surface area contributed by atoms with Crippen molar-refractivity contribution in [1.82, 2.24) is 15.6 Å². The molecule has 1 fully saturated rings. The number of aromatic nitrogens is 1. The summed E-state index contributed by atoms with van der Waals surface area (Å²) in [5.74, 6) is 4.07. The molecule has 0 atom stereocenters. The number of benzene rings is 1. The van der Waals surface area contributed by atoms with Gasteiger partial charge in [0.15, 0.2) is 5.96 Å². The molecule has 1 aliphatic rings. The van der Waals surface area contributed by atoms with Crippen LogP contribution in [0.15, 0.2) is 41.5 Å². The van der Waals surface area contributed by atoms with Crippen molar-refractivity contribution in [3.8, 4) is 17.2 Å². The average Bonchev–Trinajstić information content (AvgIpc) is 2.84. The molecule has 3 rings (SSSR count). The Kier molecular flexibility index (Phi) is 8.20. The fourth-order valence-corrected chi connectivity index (χ4v) is 3.81. The number of aliphatic imine (C=N–C) groups is 1. The van der Waals surface area contributed by atoms with Crippen molar-refractivity contribution in [1.29, 1.82) is 0 Å². The minimum Gasteiger partial charge on any atom is -0.496 e. The molecular weight excluding hydrogens is 394 g/mol. The lowest BCUT2D eigenvalue weighted by Gasteiger charge is -2.33. The maximum absolute atomic E-state index is 5.54. The average molecular weight is 428 g/mol. The molecule has 0 amide bonds. The highest BCUT2D eigenvalue weighted by Crippen LogP contribution is 2.34. The molecule has 0 bridgehead atoms. The summed E-state index contributed by atoms with van der Waals surface area (Å²) in [6.07, 6.45) is 4.65. The predicted molar refractivity (Wildman–Crippen MR) is 124 cm³/mol. The number of ether oxygens (including phenoxy) is 3. The van der Waals surface area contributed by atoms with Crippen LogP contribution in [0.25, 0.3) is 0 Å². The first-order valence-corrected chi connectivity index (χ1v) is 10.6. The number of piperidine rings is 1. The van der Waals surface area contributed by atoms with Crippen molar-refractivity contribution in [2.45, 2.75) is 25.3 Å². The number of nitrogens with zero attached hydrogens (tertiary/aromatic N) is 3. The second-order valence-corrected chi connectivity index (χ2v) is 7.35. The second-order valence-electron chi connectivity index (χ2n) is 7.35. The van der Waals surface area contributed by atoms with Gasteiger partial charge in [-0.25, -0.2) is 4.98 Å². The summed E-state index contributed by atoms with van der Waals surface area (Å²) < 4.78 is 16.4. The molecule has 0 aliphatic carbocycles. The van der Waals surface area contributed by atoms with Crippen LogP contribution in [0.1, 0.15) is 18.4 Å². The van der Waals surface area contributed by atoms with Crippen molar-refractivity contribution in [2.75, 3.05) is 52.9 Å². The lowest BCUT2D eigenvalue weighted by molar-refractivity contribution is 0.368. The smallest absolute Gasteiger partial charge is 0.191 e. The van der Waals surface area contributed by atoms with Gasteiger partial charge in [0.2, 0.25) is 0 Å². The van der Waals surface area contributed by atoms with Gasteiger partial charge in [0.05, 0.1) is 21.3 Å². The zero-order valence-corrected chi connectivity index (χ0v) is 18.9. The van der Waals surface area contributed by atoms with Gasteiger partial charge in [-0.3, -0.25) is 4.99 Å². The number of guanidine groups is 1. The molecule has 0 saturated carbocycles. The van der Waals surface area contributed by atoms with E-state index in [2.05, 4.69) is 31.6 Å². The molecule has 1 aromatic heterocycles. The third-order valence-corrected chi connectivity index (χ3v) is 5.52. The standard InChI is InChI=1S/C23H33N5O3/c1-24-23(27-17-9-13-28(14-10-17)22-7-5-6-11-25-22)26-12-8-19-20(30-3)15-18(29-2)16-21(19)31-4/h5-7,11,15-17H,8-10,12-14H2,1-4H3,(H2,24,26,27). The lowest BCUT2D eigenvalue weighted by Crippen LogP contribution is -2.49. The first kappa shape index (κ1) is 22.5. The van der Waals surface area contributed by atoms with E-state index in [1.807, 2.05) is 30.5 Å². The normalized spacial score (nSPS) is 14.8. The van der Waals surface area contributed by atoms with E-state index in [4.69, 9.17) is 14.2 Å². The molecule has 0 unspecified atom stereocenters. The van der Waals surface area contributed by atoms with Gasteiger partial charge in [-0.1, -0.05) is 6.07 Å². The molecular formula is C23H33N5O3. The monoisotopic (exact) mass is 427 g/mol. The molecule has 1 aliphatic heterocycles. The fraction of sp³-hybridized carbons (Fsp3) is 0.478. The van der Waals surface area contributed by atoms with Crippen LogP contribution in [0.5, 0.6) is 17.2 Å². The summed E-state index contributed by atoms with van der Waals surface area (Å²) in [5, 5.41) is 6.96. The Bertz CT molecular complexity index is 827. The van der Waals surface area contributed by atoms with E-state index in [-0.39, 0.29) is 0 Å². The molecule has 0 radical (unpaired) electrons. The Labute approximate surface area is 184 Å². The van der Waals surface area contributed by atoms with Crippen molar-refractivity contribution < 1.29 is 14.2 Å². The largest absolute Gasteiger partial charge is 0.496 e. The fourth-order valence-electron chi connectivity index (χ4n) is 3.81. The van der Waals surface area contributed by atoms with Gasteiger partial charge >= 0.3 is 0 Å². The van der Waals surface area contributed by atoms with Crippen LogP contribution in [0.4, 0.5) is 5.82 Å². The molecule has 168 valence electrons. The number of hydrogen-bond donors (Lipinski definition) is 2. The van der Waals surface area contributed by atoms with Gasteiger partial charge in [-0.2, -0.15) is 0 Å². The molecule has 8 nitrogen and oxygen atoms in total. The van der Waals surface area contributed by atoms with Crippen LogP contribution >= 0.6 is 0 Å². The molecule has 0 spiro atoms. The van der Waals surface area contributed by atoms with E-state index in [0.29, 0.717) is 18.3 Å². The van der Waals surface area contributed by atoms with E-state index in [9.17, 15) is 0 Å². The number of hydrogen-bond acceptors (Lipinski definition) is 6. The third kappa shape index (κ3) is 5.93. The van der Waals surface area contributed by atoms with E-state index in [0.717, 1.165) is 61.2 Å². The van der Waals surface area contributed by atoms with Gasteiger partial charge in [0.25, 0.3) is 0 Å². The van der Waals surface area contributed by atoms with E-state index < -0.39 is 0 Å². The Morgan fingerprint density at radius 3 is 2.35 bits per heavy atom. The highest BCUT2D eigenvalue weighted by Gasteiger charge is 2.21. The Balaban J connectivity index is 1.51. The number of rotatable bonds is 8. The zero-order chi connectivity index (χ0) is 22.1. The predicted octanol–water partition coefficient (Wildman–Crippen LogP) is 2.48. The SMILES string of the molecule is CN=C(NCCc1c(OC)cc(OC)cc1OC)NC1CCN(c2ccccn2)CC1. The van der Waals surface area contributed by atoms with Gasteiger partial charge in [0.1, 0.15) is 23.1 Å². The van der Waals surface area contributed by atoms with Crippen molar-refractivity contribution in [3.05, 3.63) is 42.1 Å². The zero-order valence-electron chi connectivity index (χ0n) is 18.9. The molecule has 1 saturated heterocycles. The van der Waals surface area contributed by atoms with Crippen molar-refractivity contribution in [3.63, 3.8) is 0 Å². The molecule has 8 heteroatoms. The van der Waals surface area contributed by atoms with E-state index in [1.165, 1.54) is 0 Å². The van der Waals surface area contributed by atoms with Crippen LogP contribution in [-0.4, -0.2) is 65.0 Å². The summed E-state index contributed by atoms with van der Waals surface area (Å²) in [6.45, 7) is 2.66. The first-order valence-electron chi connectivity index (χ1n) is 10.6. The lowest BCUT2D eigenvalue weighted by atomic mass is 10.1. The summed E-state index contributed by atoms with van der Waals surface area (Å²) in [5.41, 5.74) is 0.998. The van der Waals surface area contributed by atoms with Gasteiger partial charge in [-0.15, -0.1) is 0 Å². The summed E-state index contributed by atoms with van der Waals surface area (Å²) in [6, 6.07) is 10.2. The van der Waals surface area contributed by atoms with E-state index in [1.54, 1.807) is 28.4 Å². The quantitative estimate of drug-likeness (QED) is 0.495. The summed E-state index contributed by atoms with van der Waals surface area (Å²) >= 11 is 0. The van der Waals surface area contributed by atoms with Crippen molar-refractivity contribution in [2.24, 2.45) is 4.99 Å². The maximum atomic E-state index is 5.54. The van der Waals surface area contributed by atoms with Crippen molar-refractivity contribution >= 4 is 11.8 Å². The highest BCUT2D eigenvalue weighted by atomic mass is 16.5. The van der Waals surface area contributed by atoms with Crippen LogP contribution in [0, 0.1) is 0 Å². The topological polar surface area (TPSA) is 80.2 Å². The summed E-state index contributed by atoms with van der Waals surface area (Å²) in [4.78, 5) is 11.2. The Hall–Kier alpha value is -3.16. The maximum Gasteiger partial charge on any atom is 0.191 e. The number of pyridine rings is 1. The molecule has 1 aromatic carbocycles. The van der Waals surface area contributed by atoms with Gasteiger partial charge < -0.3 is 29.7 Å². The Morgan fingerprint density at radius 2 is 1.81 bits per heavy atom. The Morgan fingerprint density at radius 1 is 1.10 bits per heavy atom. The second kappa shape index (κ2) is 11.3. The van der Waals surface area contributed by atoms with Crippen LogP contribution in [0.3, 0.4) is 0 Å². The molecule has 2 heterocycles. The molecule has 2 aromatic rings. The minimum absolute atomic E-state index is 0.385.